The summed E-state index contributed by atoms with van der Waals surface area (Å²) >= 11 is 1.72. The lowest BCUT2D eigenvalue weighted by Crippen LogP contribution is -2.48. The van der Waals surface area contributed by atoms with Gasteiger partial charge in [0.1, 0.15) is 17.0 Å². The molecule has 1 aliphatic carbocycles. The van der Waals surface area contributed by atoms with Crippen LogP contribution in [0.4, 0.5) is 5.82 Å². The molecule has 0 saturated carbocycles. The predicted molar refractivity (Wildman–Crippen MR) is 107 cm³/mol. The minimum Gasteiger partial charge on any atom is -0.353 e. The van der Waals surface area contributed by atoms with Gasteiger partial charge in [-0.3, -0.25) is 0 Å². The van der Waals surface area contributed by atoms with E-state index in [4.69, 9.17) is 0 Å². The number of thiophene rings is 1. The van der Waals surface area contributed by atoms with Gasteiger partial charge in [-0.15, -0.1) is 11.3 Å². The Morgan fingerprint density at radius 3 is 2.65 bits per heavy atom. The van der Waals surface area contributed by atoms with Crippen molar-refractivity contribution in [2.24, 2.45) is 0 Å². The molecular weight excluding hydrogens is 368 g/mol. The number of fused-ring (bicyclic) bond motifs is 1. The summed E-state index contributed by atoms with van der Waals surface area (Å²) in [5.74, 6) is 0.907. The zero-order valence-electron chi connectivity index (χ0n) is 14.6. The Morgan fingerprint density at radius 2 is 1.96 bits per heavy atom. The Bertz CT molecular complexity index is 957. The average Bonchev–Trinajstić information content (AvgIpc) is 3.13. The fraction of sp³-hybridized carbons (Fsp3) is 0.444. The van der Waals surface area contributed by atoms with Crippen LogP contribution in [0.5, 0.6) is 0 Å². The normalized spacial score (nSPS) is 19.5. The molecule has 0 spiro atoms. The first-order chi connectivity index (χ1) is 12.6. The largest absolute Gasteiger partial charge is 0.353 e. The fourth-order valence-corrected chi connectivity index (χ4v) is 5.52. The highest BCUT2D eigenvalue weighted by Crippen LogP contribution is 2.37. The third-order valence-electron chi connectivity index (χ3n) is 5.02. The van der Waals surface area contributed by atoms with Crippen molar-refractivity contribution in [1.82, 2.24) is 14.3 Å². The monoisotopic (exact) mass is 390 g/mol. The summed E-state index contributed by atoms with van der Waals surface area (Å²) in [7, 11) is -3.35. The molecule has 1 aliphatic heterocycles. The van der Waals surface area contributed by atoms with Crippen molar-refractivity contribution in [1.29, 1.82) is 0 Å². The van der Waals surface area contributed by atoms with Crippen LogP contribution in [0.3, 0.4) is 0 Å². The van der Waals surface area contributed by atoms with Gasteiger partial charge < -0.3 is 4.90 Å². The summed E-state index contributed by atoms with van der Waals surface area (Å²) in [4.78, 5) is 13.4. The van der Waals surface area contributed by atoms with Gasteiger partial charge in [0.15, 0.2) is 0 Å². The Morgan fingerprint density at radius 1 is 1.15 bits per heavy atom. The van der Waals surface area contributed by atoms with Gasteiger partial charge in [-0.2, -0.15) is 4.31 Å². The number of piperazine rings is 1. The molecule has 1 saturated heterocycles. The molecule has 0 aromatic carbocycles. The van der Waals surface area contributed by atoms with Gasteiger partial charge in [0.05, 0.1) is 5.39 Å². The van der Waals surface area contributed by atoms with Gasteiger partial charge in [0.25, 0.3) is 0 Å². The summed E-state index contributed by atoms with van der Waals surface area (Å²) in [5.41, 5.74) is 1.42. The van der Waals surface area contributed by atoms with Crippen LogP contribution in [-0.2, 0) is 10.0 Å². The van der Waals surface area contributed by atoms with E-state index in [1.165, 1.54) is 27.6 Å². The quantitative estimate of drug-likeness (QED) is 0.802. The Labute approximate surface area is 157 Å². The standard InChI is InChI=1S/C18H22N4O2S2/c1-2-26(23,24)22-10-8-21(9-11-22)17-15-12-16(14-6-4-3-5-7-14)25-18(15)20-13-19-17/h2,6,12-13H,1,3-5,7-11H2. The van der Waals surface area contributed by atoms with Gasteiger partial charge >= 0.3 is 0 Å². The number of allylic oxidation sites excluding steroid dienone is 2. The molecule has 26 heavy (non-hydrogen) atoms. The van der Waals surface area contributed by atoms with E-state index in [9.17, 15) is 8.42 Å². The highest BCUT2D eigenvalue weighted by atomic mass is 32.2. The average molecular weight is 391 g/mol. The van der Waals surface area contributed by atoms with E-state index in [1.807, 2.05) is 0 Å². The molecule has 4 rings (SSSR count). The molecule has 2 aromatic rings. The lowest BCUT2D eigenvalue weighted by Gasteiger charge is -2.34. The van der Waals surface area contributed by atoms with Crippen molar-refractivity contribution in [3.63, 3.8) is 0 Å². The molecule has 0 bridgehead atoms. The molecule has 2 aliphatic rings. The van der Waals surface area contributed by atoms with Crippen molar-refractivity contribution in [3.05, 3.63) is 35.3 Å². The smallest absolute Gasteiger partial charge is 0.235 e. The first kappa shape index (κ1) is 17.6. The van der Waals surface area contributed by atoms with Gasteiger partial charge in [-0.1, -0.05) is 12.7 Å². The predicted octanol–water partition coefficient (Wildman–Crippen LogP) is 3.24. The van der Waals surface area contributed by atoms with Gasteiger partial charge in [-0.25, -0.2) is 18.4 Å². The van der Waals surface area contributed by atoms with E-state index >= 15 is 0 Å². The second-order valence-electron chi connectivity index (χ2n) is 6.60. The second kappa shape index (κ2) is 7.09. The number of sulfonamides is 1. The summed E-state index contributed by atoms with van der Waals surface area (Å²) in [6.45, 7) is 5.53. The topological polar surface area (TPSA) is 66.4 Å². The molecule has 8 heteroatoms. The van der Waals surface area contributed by atoms with Crippen LogP contribution >= 0.6 is 11.3 Å². The summed E-state index contributed by atoms with van der Waals surface area (Å²) < 4.78 is 25.4. The molecule has 3 heterocycles. The molecule has 0 amide bonds. The molecule has 1 fully saturated rings. The number of aromatic nitrogens is 2. The van der Waals surface area contributed by atoms with E-state index in [1.54, 1.807) is 17.7 Å². The Balaban J connectivity index is 1.60. The number of hydrogen-bond donors (Lipinski definition) is 0. The van der Waals surface area contributed by atoms with Crippen molar-refractivity contribution in [3.8, 4) is 0 Å². The van der Waals surface area contributed by atoms with Gasteiger partial charge in [0.2, 0.25) is 10.0 Å². The molecule has 0 unspecified atom stereocenters. The van der Waals surface area contributed by atoms with Gasteiger partial charge in [0, 0.05) is 36.5 Å². The highest BCUT2D eigenvalue weighted by molar-refractivity contribution is 7.92. The fourth-order valence-electron chi connectivity index (χ4n) is 3.58. The first-order valence-corrected chi connectivity index (χ1v) is 11.2. The molecular formula is C18H22N4O2S2. The maximum atomic E-state index is 11.9. The summed E-state index contributed by atoms with van der Waals surface area (Å²) in [6.07, 6.45) is 8.77. The zero-order valence-corrected chi connectivity index (χ0v) is 16.2. The van der Waals surface area contributed by atoms with E-state index in [-0.39, 0.29) is 0 Å². The van der Waals surface area contributed by atoms with Crippen LogP contribution in [0, 0.1) is 0 Å². The van der Waals surface area contributed by atoms with Gasteiger partial charge in [-0.05, 0) is 37.3 Å². The molecule has 6 nitrogen and oxygen atoms in total. The molecule has 138 valence electrons. The van der Waals surface area contributed by atoms with E-state index < -0.39 is 10.0 Å². The minimum absolute atomic E-state index is 0.446. The third-order valence-corrected chi connectivity index (χ3v) is 7.65. The number of anilines is 1. The van der Waals surface area contributed by atoms with Crippen molar-refractivity contribution in [2.75, 3.05) is 31.1 Å². The van der Waals surface area contributed by atoms with Crippen molar-refractivity contribution < 1.29 is 8.42 Å². The van der Waals surface area contributed by atoms with E-state index in [2.05, 4.69) is 33.6 Å². The third kappa shape index (κ3) is 3.28. The second-order valence-corrected chi connectivity index (χ2v) is 9.51. The van der Waals surface area contributed by atoms with Crippen LogP contribution in [0.1, 0.15) is 30.6 Å². The van der Waals surface area contributed by atoms with E-state index in [0.717, 1.165) is 34.3 Å². The minimum atomic E-state index is -3.35. The number of rotatable bonds is 4. The summed E-state index contributed by atoms with van der Waals surface area (Å²) in [6, 6.07) is 2.21. The first-order valence-electron chi connectivity index (χ1n) is 8.90. The van der Waals surface area contributed by atoms with Crippen molar-refractivity contribution in [2.45, 2.75) is 25.7 Å². The molecule has 0 radical (unpaired) electrons. The van der Waals surface area contributed by atoms with Crippen LogP contribution in [0.2, 0.25) is 0 Å². The Hall–Kier alpha value is -1.77. The number of hydrogen-bond acceptors (Lipinski definition) is 6. The number of nitrogens with zero attached hydrogens (tertiary/aromatic N) is 4. The summed E-state index contributed by atoms with van der Waals surface area (Å²) in [5, 5.41) is 2.09. The maximum absolute atomic E-state index is 11.9. The molecule has 2 aromatic heterocycles. The van der Waals surface area contributed by atoms with Crippen LogP contribution < -0.4 is 4.90 Å². The zero-order chi connectivity index (χ0) is 18.1. The van der Waals surface area contributed by atoms with Crippen molar-refractivity contribution >= 4 is 43.0 Å². The maximum Gasteiger partial charge on any atom is 0.235 e. The lowest BCUT2D eigenvalue weighted by molar-refractivity contribution is 0.389. The van der Waals surface area contributed by atoms with Crippen LogP contribution in [0.15, 0.2) is 30.5 Å². The highest BCUT2D eigenvalue weighted by Gasteiger charge is 2.26. The molecule has 0 N–H and O–H groups in total. The molecule has 0 atom stereocenters. The lowest BCUT2D eigenvalue weighted by atomic mass is 9.98. The van der Waals surface area contributed by atoms with E-state index in [0.29, 0.717) is 26.2 Å². The van der Waals surface area contributed by atoms with Crippen LogP contribution in [-0.4, -0.2) is 48.9 Å². The Kier molecular flexibility index (Phi) is 4.81. The SMILES string of the molecule is C=CS(=O)(=O)N1CCN(c2ncnc3sc(C4=CCCCC4)cc23)CC1. The van der Waals surface area contributed by atoms with Crippen LogP contribution in [0.25, 0.3) is 15.8 Å².